The summed E-state index contributed by atoms with van der Waals surface area (Å²) in [5.41, 5.74) is 1.55. The molecule has 4 fully saturated rings. The molecule has 312 valence electrons. The molecule has 1 aromatic heterocycles. The minimum Gasteiger partial charge on any atom is -0.481 e. The molecule has 0 spiro atoms. The maximum Gasteiger partial charge on any atom is 0.309 e. The fraction of sp³-hybridized carbons (Fsp3) is 0.787. The molecule has 0 aliphatic heterocycles. The maximum atomic E-state index is 14.3. The van der Waals surface area contributed by atoms with Gasteiger partial charge in [-0.3, -0.25) is 24.3 Å². The average molecular weight is 776 g/mol. The van der Waals surface area contributed by atoms with E-state index in [0.29, 0.717) is 31.3 Å². The van der Waals surface area contributed by atoms with Crippen molar-refractivity contribution in [1.29, 1.82) is 0 Å². The minimum absolute atomic E-state index is 0.0244. The smallest absolute Gasteiger partial charge is 0.309 e. The largest absolute Gasteiger partial charge is 0.481 e. The highest BCUT2D eigenvalue weighted by Crippen LogP contribution is 2.77. The Hall–Kier alpha value is -2.62. The summed E-state index contributed by atoms with van der Waals surface area (Å²) < 4.78 is 6.19. The fourth-order valence-corrected chi connectivity index (χ4v) is 13.7. The number of pyridine rings is 1. The lowest BCUT2D eigenvalue weighted by Crippen LogP contribution is -2.66. The van der Waals surface area contributed by atoms with Gasteiger partial charge in [-0.05, 0) is 136 Å². The van der Waals surface area contributed by atoms with Crippen molar-refractivity contribution in [2.24, 2.45) is 56.2 Å². The van der Waals surface area contributed by atoms with Crippen LogP contribution in [-0.2, 0) is 25.7 Å². The lowest BCUT2D eigenvalue weighted by atomic mass is 9.33. The van der Waals surface area contributed by atoms with Crippen LogP contribution in [0.4, 0.5) is 0 Å². The second-order valence-corrected chi connectivity index (χ2v) is 21.5. The number of likely N-dealkylation sites (N-methyl/N-ethyl adjacent to an activating group) is 1. The van der Waals surface area contributed by atoms with Gasteiger partial charge in [-0.1, -0.05) is 60.1 Å². The number of aliphatic carboxylic acids is 1. The highest BCUT2D eigenvalue weighted by atomic mass is 16.5. The van der Waals surface area contributed by atoms with Gasteiger partial charge in [-0.25, -0.2) is 0 Å². The van der Waals surface area contributed by atoms with Crippen LogP contribution >= 0.6 is 0 Å². The summed E-state index contributed by atoms with van der Waals surface area (Å²) in [6.07, 6.45) is 10.9. The zero-order chi connectivity index (χ0) is 41.2. The molecule has 5 aliphatic rings. The predicted octanol–water partition coefficient (Wildman–Crippen LogP) is 8.20. The molecule has 9 nitrogen and oxygen atoms in total. The highest BCUT2D eigenvalue weighted by molar-refractivity contribution is 6.00. The van der Waals surface area contributed by atoms with E-state index in [1.165, 1.54) is 5.57 Å². The molecule has 1 heterocycles. The van der Waals surface area contributed by atoms with Gasteiger partial charge in [0.05, 0.1) is 17.9 Å². The summed E-state index contributed by atoms with van der Waals surface area (Å²) in [7, 11) is 4.17. The first kappa shape index (κ1) is 43.0. The summed E-state index contributed by atoms with van der Waals surface area (Å²) in [4.78, 5) is 48.1. The van der Waals surface area contributed by atoms with Crippen LogP contribution in [0.5, 0.6) is 0 Å². The number of ether oxygens (including phenoxy) is 1. The average Bonchev–Trinajstić information content (AvgIpc) is 3.42. The Morgan fingerprint density at radius 2 is 1.68 bits per heavy atom. The van der Waals surface area contributed by atoms with Crippen LogP contribution in [0.3, 0.4) is 0 Å². The molecule has 0 aromatic carbocycles. The van der Waals surface area contributed by atoms with Gasteiger partial charge in [0.25, 0.3) is 0 Å². The Morgan fingerprint density at radius 1 is 0.964 bits per heavy atom. The fourth-order valence-electron chi connectivity index (χ4n) is 13.7. The Labute approximate surface area is 337 Å². The lowest BCUT2D eigenvalue weighted by molar-refractivity contribution is -0.235. The van der Waals surface area contributed by atoms with E-state index in [0.717, 1.165) is 75.6 Å². The van der Waals surface area contributed by atoms with Crippen LogP contribution in [0.2, 0.25) is 0 Å². The Balaban J connectivity index is 1.29. The molecule has 9 heteroatoms. The molecular formula is C47H73N3O6. The number of rotatable bonds is 13. The van der Waals surface area contributed by atoms with Gasteiger partial charge in [0.1, 0.15) is 6.10 Å². The summed E-state index contributed by atoms with van der Waals surface area (Å²) in [5.74, 6) is 0.0313. The molecular weight excluding hydrogens is 703 g/mol. The number of nitrogens with zero attached hydrogens (tertiary/aromatic N) is 3. The number of aliphatic hydroxyl groups is 1. The van der Waals surface area contributed by atoms with E-state index >= 15 is 0 Å². The third-order valence-electron chi connectivity index (χ3n) is 16.9. The number of fused-ring (bicyclic) bond motifs is 7. The first-order chi connectivity index (χ1) is 26.0. The number of Topliss-reactive ketones (excluding diaryl/α,β-unsaturated/α-hetero) is 1. The third kappa shape index (κ3) is 7.12. The third-order valence-corrected chi connectivity index (χ3v) is 16.9. The molecule has 0 saturated heterocycles. The second kappa shape index (κ2) is 15.2. The van der Waals surface area contributed by atoms with Crippen LogP contribution < -0.4 is 0 Å². The van der Waals surface area contributed by atoms with Crippen LogP contribution in [0.15, 0.2) is 35.7 Å². The van der Waals surface area contributed by atoms with Crippen LogP contribution in [0, 0.1) is 56.2 Å². The Bertz CT molecular complexity index is 1690. The number of carbonyl (C=O) groups excluding carboxylic acids is 2. The molecule has 56 heavy (non-hydrogen) atoms. The van der Waals surface area contributed by atoms with E-state index in [1.807, 2.05) is 12.3 Å². The SMILES string of the molecule is CC(C)C1=C2[C@H]3CC[C@@H]4[C@@]5(C)CC[C@H](OC(=O)CC(C)(C)C(=O)O)C(C)(C)[C@@H]5CC[C@@]4(C)[C@]3(C)CCC2([C@@H](O)CN(CCN(C)C)Cc2cccnc2)CC1=O. The number of hydrogen-bond donors (Lipinski definition) is 2. The second-order valence-electron chi connectivity index (χ2n) is 21.5. The van der Waals surface area contributed by atoms with Crippen molar-refractivity contribution in [2.45, 2.75) is 145 Å². The van der Waals surface area contributed by atoms with Crippen molar-refractivity contribution in [2.75, 3.05) is 33.7 Å². The standard InChI is InChI=1S/C47H73N3O6/c1-30(2)39-33(51)25-47(36(52)29-50(24-23-49(10)11)28-31-13-12-22-48-27-31)21-20-45(8)32(40(39)47)14-15-35-44(7)18-17-37(56-38(53)26-42(3,4)41(54)55)43(5,6)34(44)16-19-46(35,45)9/h12-13,22,27,30,32,34-37,52H,14-21,23-26,28-29H2,1-11H3,(H,54,55)/t32-,34+,35-,36+,37+,44+,45-,46-,47?/m1/s1. The van der Waals surface area contributed by atoms with Crippen LogP contribution in [0.1, 0.15) is 132 Å². The lowest BCUT2D eigenvalue weighted by Gasteiger charge is -2.72. The molecule has 6 rings (SSSR count). The Morgan fingerprint density at radius 3 is 2.30 bits per heavy atom. The van der Waals surface area contributed by atoms with E-state index in [2.05, 4.69) is 83.4 Å². The first-order valence-electron chi connectivity index (χ1n) is 21.7. The van der Waals surface area contributed by atoms with Crippen molar-refractivity contribution >= 4 is 17.7 Å². The van der Waals surface area contributed by atoms with Crippen LogP contribution in [0.25, 0.3) is 0 Å². The van der Waals surface area contributed by atoms with E-state index in [-0.39, 0.29) is 51.8 Å². The predicted molar refractivity (Wildman–Crippen MR) is 219 cm³/mol. The minimum atomic E-state index is -1.17. The van der Waals surface area contributed by atoms with E-state index in [9.17, 15) is 24.6 Å². The number of aromatic nitrogens is 1. The molecule has 0 amide bonds. The van der Waals surface area contributed by atoms with Crippen LogP contribution in [-0.4, -0.2) is 88.7 Å². The topological polar surface area (TPSA) is 120 Å². The summed E-state index contributed by atoms with van der Waals surface area (Å²) in [6, 6.07) is 4.07. The van der Waals surface area contributed by atoms with Gasteiger partial charge in [-0.2, -0.15) is 0 Å². The number of carboxylic acids is 1. The summed E-state index contributed by atoms with van der Waals surface area (Å²) in [5, 5.41) is 22.3. The molecule has 4 saturated carbocycles. The monoisotopic (exact) mass is 776 g/mol. The number of aliphatic hydroxyl groups excluding tert-OH is 1. The number of carboxylic acid groups (broad SMARTS) is 1. The summed E-state index contributed by atoms with van der Waals surface area (Å²) >= 11 is 0. The number of esters is 1. The van der Waals surface area contributed by atoms with Gasteiger partial charge in [-0.15, -0.1) is 0 Å². The highest BCUT2D eigenvalue weighted by Gasteiger charge is 2.71. The molecule has 0 radical (unpaired) electrons. The van der Waals surface area contributed by atoms with Gasteiger partial charge < -0.3 is 19.8 Å². The van der Waals surface area contributed by atoms with E-state index < -0.39 is 28.9 Å². The van der Waals surface area contributed by atoms with Gasteiger partial charge in [0, 0.05) is 55.8 Å². The Kier molecular flexibility index (Phi) is 11.7. The van der Waals surface area contributed by atoms with E-state index in [1.54, 1.807) is 20.0 Å². The molecule has 1 unspecified atom stereocenters. The van der Waals surface area contributed by atoms with Crippen molar-refractivity contribution in [1.82, 2.24) is 14.8 Å². The van der Waals surface area contributed by atoms with Crippen molar-refractivity contribution in [3.05, 3.63) is 41.2 Å². The van der Waals surface area contributed by atoms with Gasteiger partial charge in [0.2, 0.25) is 0 Å². The van der Waals surface area contributed by atoms with Crippen molar-refractivity contribution < 1.29 is 29.3 Å². The number of hydrogen-bond acceptors (Lipinski definition) is 8. The number of ketones is 1. The molecule has 9 atom stereocenters. The number of allylic oxidation sites excluding steroid dienone is 1. The molecule has 0 bridgehead atoms. The normalized spacial score (nSPS) is 35.9. The van der Waals surface area contributed by atoms with E-state index in [4.69, 9.17) is 4.74 Å². The molecule has 1 aromatic rings. The summed E-state index contributed by atoms with van der Waals surface area (Å²) in [6.45, 7) is 22.6. The quantitative estimate of drug-likeness (QED) is 0.191. The zero-order valence-corrected chi connectivity index (χ0v) is 36.5. The molecule has 2 N–H and O–H groups in total. The van der Waals surface area contributed by atoms with Gasteiger partial charge in [0.15, 0.2) is 5.78 Å². The first-order valence-corrected chi connectivity index (χ1v) is 21.7. The van der Waals surface area contributed by atoms with Gasteiger partial charge >= 0.3 is 11.9 Å². The molecule has 5 aliphatic carbocycles. The maximum absolute atomic E-state index is 14.3. The van der Waals surface area contributed by atoms with Crippen molar-refractivity contribution in [3.8, 4) is 0 Å². The number of carbonyl (C=O) groups is 3. The van der Waals surface area contributed by atoms with Crippen molar-refractivity contribution in [3.63, 3.8) is 0 Å². The zero-order valence-electron chi connectivity index (χ0n) is 36.5.